The molecule has 0 bridgehead atoms. The van der Waals surface area contributed by atoms with Gasteiger partial charge in [0.2, 0.25) is 0 Å². The van der Waals surface area contributed by atoms with Gasteiger partial charge in [-0.1, -0.05) is 13.8 Å². The van der Waals surface area contributed by atoms with Crippen LogP contribution in [0.4, 0.5) is 0 Å². The number of hydrogen-bond acceptors (Lipinski definition) is 4. The summed E-state index contributed by atoms with van der Waals surface area (Å²) in [6, 6.07) is 3.22. The molecule has 0 radical (unpaired) electrons. The number of aromatic nitrogens is 1. The van der Waals surface area contributed by atoms with Crippen molar-refractivity contribution in [1.29, 1.82) is 0 Å². The fourth-order valence-corrected chi connectivity index (χ4v) is 2.23. The van der Waals surface area contributed by atoms with E-state index in [0.29, 0.717) is 31.8 Å². The van der Waals surface area contributed by atoms with Crippen LogP contribution in [0.1, 0.15) is 54.0 Å². The van der Waals surface area contributed by atoms with Gasteiger partial charge in [-0.05, 0) is 31.4 Å². The number of rotatable bonds is 10. The van der Waals surface area contributed by atoms with Gasteiger partial charge in [-0.2, -0.15) is 0 Å². The van der Waals surface area contributed by atoms with E-state index in [4.69, 9.17) is 4.74 Å². The number of nitrogens with one attached hydrogen (secondary N) is 1. The van der Waals surface area contributed by atoms with Gasteiger partial charge in [0.25, 0.3) is 11.8 Å². The Morgan fingerprint density at radius 3 is 2.57 bits per heavy atom. The standard InChI is InChI=1S/C17H27N3O3/c1-4-10-20(11-5-2)17(22)14-7-9-18-15(13-14)16(21)19-8-6-12-23-3/h7,9,13H,4-6,8,10-12H2,1-3H3,(H,19,21). The van der Waals surface area contributed by atoms with Gasteiger partial charge >= 0.3 is 0 Å². The summed E-state index contributed by atoms with van der Waals surface area (Å²) in [5.41, 5.74) is 0.769. The van der Waals surface area contributed by atoms with E-state index < -0.39 is 0 Å². The van der Waals surface area contributed by atoms with Crippen molar-refractivity contribution in [3.63, 3.8) is 0 Å². The third-order valence-electron chi connectivity index (χ3n) is 3.32. The zero-order chi connectivity index (χ0) is 17.1. The van der Waals surface area contributed by atoms with Gasteiger partial charge < -0.3 is 15.0 Å². The third-order valence-corrected chi connectivity index (χ3v) is 3.32. The summed E-state index contributed by atoms with van der Waals surface area (Å²) < 4.78 is 4.94. The second kappa shape index (κ2) is 10.7. The number of carbonyl (C=O) groups excluding carboxylic acids is 2. The Morgan fingerprint density at radius 2 is 1.96 bits per heavy atom. The smallest absolute Gasteiger partial charge is 0.269 e. The van der Waals surface area contributed by atoms with E-state index in [1.807, 2.05) is 18.7 Å². The number of pyridine rings is 1. The molecule has 1 rings (SSSR count). The van der Waals surface area contributed by atoms with Crippen LogP contribution in [0.3, 0.4) is 0 Å². The van der Waals surface area contributed by atoms with Gasteiger partial charge in [0, 0.05) is 45.1 Å². The van der Waals surface area contributed by atoms with E-state index in [0.717, 1.165) is 19.3 Å². The number of methoxy groups -OCH3 is 1. The van der Waals surface area contributed by atoms with Gasteiger partial charge in [-0.25, -0.2) is 0 Å². The fraction of sp³-hybridized carbons (Fsp3) is 0.588. The predicted molar refractivity (Wildman–Crippen MR) is 89.5 cm³/mol. The molecule has 23 heavy (non-hydrogen) atoms. The quantitative estimate of drug-likeness (QED) is 0.670. The topological polar surface area (TPSA) is 71.5 Å². The van der Waals surface area contributed by atoms with Crippen molar-refractivity contribution in [2.24, 2.45) is 0 Å². The summed E-state index contributed by atoms with van der Waals surface area (Å²) in [7, 11) is 1.62. The van der Waals surface area contributed by atoms with Crippen molar-refractivity contribution in [3.05, 3.63) is 29.6 Å². The third kappa shape index (κ3) is 6.36. The second-order valence-electron chi connectivity index (χ2n) is 5.32. The Hall–Kier alpha value is -1.95. The largest absolute Gasteiger partial charge is 0.385 e. The van der Waals surface area contributed by atoms with Crippen molar-refractivity contribution >= 4 is 11.8 Å². The van der Waals surface area contributed by atoms with E-state index >= 15 is 0 Å². The van der Waals surface area contributed by atoms with E-state index in [1.54, 1.807) is 19.2 Å². The molecule has 0 fully saturated rings. The highest BCUT2D eigenvalue weighted by Crippen LogP contribution is 2.08. The molecule has 0 aliphatic rings. The minimum Gasteiger partial charge on any atom is -0.385 e. The Bertz CT molecular complexity index is 500. The van der Waals surface area contributed by atoms with Crippen molar-refractivity contribution in [2.45, 2.75) is 33.1 Å². The average molecular weight is 321 g/mol. The lowest BCUT2D eigenvalue weighted by atomic mass is 10.2. The number of amides is 2. The minimum absolute atomic E-state index is 0.0514. The van der Waals surface area contributed by atoms with Crippen LogP contribution in [-0.2, 0) is 4.74 Å². The van der Waals surface area contributed by atoms with E-state index in [2.05, 4.69) is 10.3 Å². The van der Waals surface area contributed by atoms with E-state index in [9.17, 15) is 9.59 Å². The first-order valence-corrected chi connectivity index (χ1v) is 8.16. The molecule has 0 atom stereocenters. The molecule has 2 amide bonds. The number of hydrogen-bond donors (Lipinski definition) is 1. The minimum atomic E-state index is -0.270. The maximum absolute atomic E-state index is 12.5. The first-order chi connectivity index (χ1) is 11.1. The lowest BCUT2D eigenvalue weighted by molar-refractivity contribution is 0.0755. The summed E-state index contributed by atoms with van der Waals surface area (Å²) in [6.07, 6.45) is 4.06. The second-order valence-corrected chi connectivity index (χ2v) is 5.32. The summed E-state index contributed by atoms with van der Waals surface area (Å²) in [4.78, 5) is 30.5. The first-order valence-electron chi connectivity index (χ1n) is 8.16. The van der Waals surface area contributed by atoms with Crippen molar-refractivity contribution < 1.29 is 14.3 Å². The zero-order valence-corrected chi connectivity index (χ0v) is 14.3. The molecule has 0 aromatic carbocycles. The monoisotopic (exact) mass is 321 g/mol. The fourth-order valence-electron chi connectivity index (χ4n) is 2.23. The molecule has 6 nitrogen and oxygen atoms in total. The van der Waals surface area contributed by atoms with Crippen LogP contribution in [0, 0.1) is 0 Å². The van der Waals surface area contributed by atoms with Crippen LogP contribution in [0.5, 0.6) is 0 Å². The van der Waals surface area contributed by atoms with Crippen molar-refractivity contribution in [2.75, 3.05) is 33.4 Å². The Labute approximate surface area is 138 Å². The number of carbonyl (C=O) groups is 2. The Morgan fingerprint density at radius 1 is 1.26 bits per heavy atom. The van der Waals surface area contributed by atoms with E-state index in [1.165, 1.54) is 6.20 Å². The molecule has 1 aromatic rings. The lowest BCUT2D eigenvalue weighted by Crippen LogP contribution is -2.33. The summed E-state index contributed by atoms with van der Waals surface area (Å²) in [5.74, 6) is -0.321. The molecule has 6 heteroatoms. The van der Waals surface area contributed by atoms with Crippen LogP contribution in [-0.4, -0.2) is 55.0 Å². The van der Waals surface area contributed by atoms with Crippen LogP contribution >= 0.6 is 0 Å². The van der Waals surface area contributed by atoms with Gasteiger partial charge in [-0.3, -0.25) is 14.6 Å². The summed E-state index contributed by atoms with van der Waals surface area (Å²) >= 11 is 0. The van der Waals surface area contributed by atoms with Crippen LogP contribution < -0.4 is 5.32 Å². The van der Waals surface area contributed by atoms with E-state index in [-0.39, 0.29) is 17.5 Å². The molecule has 0 saturated heterocycles. The maximum Gasteiger partial charge on any atom is 0.269 e. The molecular weight excluding hydrogens is 294 g/mol. The summed E-state index contributed by atoms with van der Waals surface area (Å²) in [5, 5.41) is 2.77. The molecule has 0 saturated carbocycles. The first kappa shape index (κ1) is 19.1. The Kier molecular flexibility index (Phi) is 8.90. The van der Waals surface area contributed by atoms with Crippen LogP contribution in [0.2, 0.25) is 0 Å². The average Bonchev–Trinajstić information content (AvgIpc) is 2.58. The molecule has 1 heterocycles. The molecule has 0 spiro atoms. The number of ether oxygens (including phenoxy) is 1. The van der Waals surface area contributed by atoms with Crippen molar-refractivity contribution in [3.8, 4) is 0 Å². The molecule has 1 N–H and O–H groups in total. The molecular formula is C17H27N3O3. The molecule has 0 aliphatic heterocycles. The zero-order valence-electron chi connectivity index (χ0n) is 14.3. The predicted octanol–water partition coefficient (Wildman–Crippen LogP) is 2.11. The highest BCUT2D eigenvalue weighted by atomic mass is 16.5. The summed E-state index contributed by atoms with van der Waals surface area (Å²) in [6.45, 7) is 6.63. The molecule has 0 unspecified atom stereocenters. The van der Waals surface area contributed by atoms with Crippen molar-refractivity contribution in [1.82, 2.24) is 15.2 Å². The maximum atomic E-state index is 12.5. The van der Waals surface area contributed by atoms with Crippen LogP contribution in [0.25, 0.3) is 0 Å². The number of nitrogens with zero attached hydrogens (tertiary/aromatic N) is 2. The van der Waals surface area contributed by atoms with Crippen LogP contribution in [0.15, 0.2) is 18.3 Å². The SMILES string of the molecule is CCCN(CCC)C(=O)c1ccnc(C(=O)NCCCOC)c1. The van der Waals surface area contributed by atoms with Gasteiger partial charge in [0.15, 0.2) is 0 Å². The Balaban J connectivity index is 2.74. The molecule has 128 valence electrons. The molecule has 0 aliphatic carbocycles. The van der Waals surface area contributed by atoms with Gasteiger partial charge in [0.1, 0.15) is 5.69 Å². The van der Waals surface area contributed by atoms with Gasteiger partial charge in [0.05, 0.1) is 0 Å². The highest BCUT2D eigenvalue weighted by molar-refractivity contribution is 5.98. The normalized spacial score (nSPS) is 10.4. The molecule has 1 aromatic heterocycles. The lowest BCUT2D eigenvalue weighted by Gasteiger charge is -2.21. The highest BCUT2D eigenvalue weighted by Gasteiger charge is 2.16. The van der Waals surface area contributed by atoms with Gasteiger partial charge in [-0.15, -0.1) is 0 Å².